The molecular weight excluding hydrogens is 403 g/mol. The Hall–Kier alpha value is -1.01. The molecule has 2 aliphatic rings. The van der Waals surface area contributed by atoms with Crippen molar-refractivity contribution in [2.24, 2.45) is 11.7 Å². The molecule has 0 aromatic heterocycles. The molecule has 0 saturated carbocycles. The van der Waals surface area contributed by atoms with Gasteiger partial charge in [-0.25, -0.2) is 0 Å². The number of rotatable bonds is 7. The van der Waals surface area contributed by atoms with Crippen LogP contribution in [0.1, 0.15) is 11.7 Å². The Morgan fingerprint density at radius 3 is 2.52 bits per heavy atom. The Morgan fingerprint density at radius 2 is 1.96 bits per heavy atom. The first kappa shape index (κ1) is 22.3. The molecule has 8 nitrogen and oxygen atoms in total. The molecule has 11 heteroatoms. The number of nitrogens with two attached hydrogens (primary N) is 1. The van der Waals surface area contributed by atoms with Crippen LogP contribution in [0.4, 0.5) is 0 Å². The van der Waals surface area contributed by atoms with Crippen molar-refractivity contribution < 1.29 is 59.3 Å². The first-order chi connectivity index (χ1) is 12.3. The maximum Gasteiger partial charge on any atom is 1.00 e. The number of aliphatic hydroxyl groups is 1. The summed E-state index contributed by atoms with van der Waals surface area (Å²) in [5.41, 5.74) is 5.72. The summed E-state index contributed by atoms with van der Waals surface area (Å²) in [6.07, 6.45) is -1.06. The largest absolute Gasteiger partial charge is 1.00 e. The molecule has 2 heterocycles. The van der Waals surface area contributed by atoms with E-state index in [2.05, 4.69) is 0 Å². The summed E-state index contributed by atoms with van der Waals surface area (Å²) in [5, 5.41) is 30.3. The monoisotopic (exact) mass is 418 g/mol. The molecule has 2 unspecified atom stereocenters. The molecule has 0 aliphatic carbocycles. The first-order valence-electron chi connectivity index (χ1n) is 7.62. The summed E-state index contributed by atoms with van der Waals surface area (Å²) in [6.45, 7) is 0. The summed E-state index contributed by atoms with van der Waals surface area (Å²) in [6, 6.07) is 7.47. The molecule has 2 aliphatic heterocycles. The van der Waals surface area contributed by atoms with Gasteiger partial charge in [-0.1, -0.05) is 42.1 Å². The van der Waals surface area contributed by atoms with Gasteiger partial charge in [0.15, 0.2) is 0 Å². The number of carbonyl (C=O) groups excluding carboxylic acids is 2. The fourth-order valence-electron chi connectivity index (χ4n) is 2.78. The molecule has 1 aromatic carbocycles. The third kappa shape index (κ3) is 4.21. The number of aliphatic carboxylic acids is 2. The number of hydrogen-bond donors (Lipinski definition) is 3. The number of fused-ring (bicyclic) bond motifs is 1. The van der Waals surface area contributed by atoms with Gasteiger partial charge in [0.05, 0.1) is 27.9 Å². The average Bonchev–Trinajstić information content (AvgIpc) is 2.95. The van der Waals surface area contributed by atoms with Crippen LogP contribution < -0.4 is 40.4 Å². The minimum absolute atomic E-state index is 0. The molecular formula is C16H15N2NaO6S2. The molecule has 1 saturated heterocycles. The minimum Gasteiger partial charge on any atom is -0.543 e. The Morgan fingerprint density at radius 1 is 1.33 bits per heavy atom. The van der Waals surface area contributed by atoms with Crippen molar-refractivity contribution in [3.63, 3.8) is 0 Å². The second kappa shape index (κ2) is 8.99. The van der Waals surface area contributed by atoms with E-state index in [1.54, 1.807) is 30.3 Å². The molecule has 0 bridgehead atoms. The van der Waals surface area contributed by atoms with Crippen molar-refractivity contribution in [2.45, 2.75) is 17.5 Å². The number of thioether (sulfide) groups is 2. The van der Waals surface area contributed by atoms with Gasteiger partial charge in [0, 0.05) is 5.75 Å². The molecule has 0 radical (unpaired) electrons. The Kier molecular flexibility index (Phi) is 7.42. The van der Waals surface area contributed by atoms with E-state index in [0.29, 0.717) is 5.56 Å². The molecule has 27 heavy (non-hydrogen) atoms. The summed E-state index contributed by atoms with van der Waals surface area (Å²) < 4.78 is 0.266. The van der Waals surface area contributed by atoms with Crippen molar-refractivity contribution in [3.8, 4) is 0 Å². The van der Waals surface area contributed by atoms with Gasteiger partial charge < -0.3 is 25.8 Å². The zero-order valence-corrected chi connectivity index (χ0v) is 17.9. The van der Waals surface area contributed by atoms with Crippen molar-refractivity contribution >= 4 is 41.4 Å². The molecule has 4 N–H and O–H groups in total. The fraction of sp³-hybridized carbons (Fsp3) is 0.312. The van der Waals surface area contributed by atoms with Gasteiger partial charge in [0.2, 0.25) is 5.91 Å². The summed E-state index contributed by atoms with van der Waals surface area (Å²) >= 11 is 2.06. The normalized spacial score (nSPS) is 23.2. The number of benzene rings is 1. The van der Waals surface area contributed by atoms with Crippen molar-refractivity contribution in [2.75, 3.05) is 5.75 Å². The van der Waals surface area contributed by atoms with E-state index in [-0.39, 0.29) is 45.2 Å². The van der Waals surface area contributed by atoms with E-state index < -0.39 is 41.3 Å². The zero-order chi connectivity index (χ0) is 19.0. The predicted octanol–water partition coefficient (Wildman–Crippen LogP) is -3.68. The van der Waals surface area contributed by atoms with Gasteiger partial charge in [-0.3, -0.25) is 14.5 Å². The van der Waals surface area contributed by atoms with Crippen LogP contribution in [0.25, 0.3) is 0 Å². The molecule has 3 rings (SSSR count). The van der Waals surface area contributed by atoms with Crippen molar-refractivity contribution in [1.82, 2.24) is 4.90 Å². The van der Waals surface area contributed by atoms with Gasteiger partial charge in [0.1, 0.15) is 11.4 Å². The van der Waals surface area contributed by atoms with Crippen LogP contribution in [-0.4, -0.2) is 50.1 Å². The van der Waals surface area contributed by atoms with Crippen LogP contribution in [0.3, 0.4) is 0 Å². The summed E-state index contributed by atoms with van der Waals surface area (Å²) in [4.78, 5) is 35.8. The number of carboxylic acid groups (broad SMARTS) is 2. The van der Waals surface area contributed by atoms with E-state index >= 15 is 0 Å². The predicted molar refractivity (Wildman–Crippen MR) is 93.2 cm³/mol. The van der Waals surface area contributed by atoms with Crippen LogP contribution in [0.2, 0.25) is 0 Å². The standard InChI is InChI=1S/C16H16N2O6S2.Na/c17-8(14(21)22)6-25-16-10(15(23)24)18-12(20)9(13(18)26-16)11(19)7-4-2-1-3-5-7;/h1-5,8-9,11,13,19H,6,17H2,(H,21,22)(H,23,24);/q;+1/p-1/t8-,9?,11?,13-;/m1./s1. The van der Waals surface area contributed by atoms with Crippen molar-refractivity contribution in [1.29, 1.82) is 0 Å². The molecule has 1 amide bonds. The molecule has 1 aromatic rings. The van der Waals surface area contributed by atoms with Crippen LogP contribution in [0, 0.1) is 5.92 Å². The van der Waals surface area contributed by atoms with Gasteiger partial charge in [0.25, 0.3) is 0 Å². The van der Waals surface area contributed by atoms with E-state index in [0.717, 1.165) is 28.4 Å². The number of amides is 1. The quantitative estimate of drug-likeness (QED) is 0.301. The van der Waals surface area contributed by atoms with Crippen LogP contribution in [0.5, 0.6) is 0 Å². The maximum absolute atomic E-state index is 12.5. The SMILES string of the molecule is N[C@H](CSC1=C(C(=O)[O-])N2C(=O)C(C(O)c3ccccc3)[C@H]2S1)C(=O)O.[Na+]. The third-order valence-corrected chi connectivity index (χ3v) is 6.91. The number of hydrogen-bond acceptors (Lipinski definition) is 8. The summed E-state index contributed by atoms with van der Waals surface area (Å²) in [5.74, 6) is -4.06. The van der Waals surface area contributed by atoms with Gasteiger partial charge in [-0.2, -0.15) is 0 Å². The minimum atomic E-state index is -1.52. The smallest absolute Gasteiger partial charge is 0.543 e. The van der Waals surface area contributed by atoms with Gasteiger partial charge in [-0.15, -0.1) is 11.8 Å². The van der Waals surface area contributed by atoms with E-state index in [1.165, 1.54) is 0 Å². The molecule has 0 spiro atoms. The van der Waals surface area contributed by atoms with Gasteiger partial charge >= 0.3 is 35.5 Å². The number of nitrogens with zero attached hydrogens (tertiary/aromatic N) is 1. The number of aliphatic hydroxyl groups excluding tert-OH is 1. The van der Waals surface area contributed by atoms with E-state index in [9.17, 15) is 24.6 Å². The van der Waals surface area contributed by atoms with Crippen LogP contribution in [-0.2, 0) is 14.4 Å². The molecule has 138 valence electrons. The molecule has 4 atom stereocenters. The third-order valence-electron chi connectivity index (χ3n) is 4.13. The van der Waals surface area contributed by atoms with Gasteiger partial charge in [-0.05, 0) is 5.56 Å². The van der Waals surface area contributed by atoms with Crippen LogP contribution in [0.15, 0.2) is 40.3 Å². The van der Waals surface area contributed by atoms with E-state index in [4.69, 9.17) is 10.8 Å². The second-order valence-corrected chi connectivity index (χ2v) is 8.19. The zero-order valence-electron chi connectivity index (χ0n) is 14.3. The number of β-lactam (4-membered cyclic amide) rings is 1. The van der Waals surface area contributed by atoms with Crippen molar-refractivity contribution in [3.05, 3.63) is 45.8 Å². The molecule has 1 fully saturated rings. The fourth-order valence-corrected chi connectivity index (χ4v) is 5.59. The average molecular weight is 418 g/mol. The number of carboxylic acids is 2. The summed E-state index contributed by atoms with van der Waals surface area (Å²) in [7, 11) is 0. The Balaban J connectivity index is 0.00000261. The Bertz CT molecular complexity index is 790. The topological polar surface area (TPSA) is 144 Å². The van der Waals surface area contributed by atoms with E-state index in [1.807, 2.05) is 0 Å². The maximum atomic E-state index is 12.5. The number of carbonyl (C=O) groups is 3. The van der Waals surface area contributed by atoms with Crippen LogP contribution >= 0.6 is 23.5 Å². The first-order valence-corrected chi connectivity index (χ1v) is 9.49. The second-order valence-electron chi connectivity index (χ2n) is 5.78. The Labute approximate surface area is 185 Å².